The second kappa shape index (κ2) is 6.18. The summed E-state index contributed by atoms with van der Waals surface area (Å²) in [5.41, 5.74) is 2.84. The van der Waals surface area contributed by atoms with Crippen LogP contribution in [0.4, 0.5) is 5.69 Å². The largest absolute Gasteiger partial charge is 0.451 e. The Hall–Kier alpha value is -2.10. The predicted molar refractivity (Wildman–Crippen MR) is 74.0 cm³/mol. The van der Waals surface area contributed by atoms with Gasteiger partial charge in [0.2, 0.25) is 5.91 Å². The van der Waals surface area contributed by atoms with Crippen molar-refractivity contribution in [2.45, 2.75) is 32.6 Å². The number of hydrogen-bond acceptors (Lipinski definition) is 3. The summed E-state index contributed by atoms with van der Waals surface area (Å²) >= 11 is 0. The zero-order valence-electron chi connectivity index (χ0n) is 11.2. The molecule has 0 saturated heterocycles. The van der Waals surface area contributed by atoms with Crippen molar-refractivity contribution in [3.05, 3.63) is 48.2 Å². The first-order chi connectivity index (χ1) is 9.16. The highest BCUT2D eigenvalue weighted by molar-refractivity contribution is 5.91. The van der Waals surface area contributed by atoms with Gasteiger partial charge in [-0.15, -0.1) is 0 Å². The number of benzene rings is 1. The molecule has 1 heterocycles. The lowest BCUT2D eigenvalue weighted by Gasteiger charge is -2.13. The first-order valence-electron chi connectivity index (χ1n) is 6.42. The maximum absolute atomic E-state index is 11.9. The average Bonchev–Trinajstić information content (AvgIpc) is 2.90. The van der Waals surface area contributed by atoms with Crippen molar-refractivity contribution in [2.75, 3.05) is 5.32 Å². The molecule has 19 heavy (non-hydrogen) atoms. The van der Waals surface area contributed by atoms with Crippen molar-refractivity contribution >= 4 is 11.6 Å². The van der Waals surface area contributed by atoms with Gasteiger partial charge >= 0.3 is 0 Å². The second-order valence-electron chi connectivity index (χ2n) is 4.77. The molecule has 0 aliphatic rings. The Bertz CT molecular complexity index is 533. The summed E-state index contributed by atoms with van der Waals surface area (Å²) in [5, 5.41) is 2.96. The molecule has 1 N–H and O–H groups in total. The number of amides is 1. The van der Waals surface area contributed by atoms with Gasteiger partial charge in [0.1, 0.15) is 6.26 Å². The quantitative estimate of drug-likeness (QED) is 0.894. The number of para-hydroxylation sites is 1. The smallest absolute Gasteiger partial charge is 0.224 e. The molecule has 0 bridgehead atoms. The van der Waals surface area contributed by atoms with Gasteiger partial charge in [-0.25, -0.2) is 4.98 Å². The molecule has 2 aromatic rings. The van der Waals surface area contributed by atoms with Crippen molar-refractivity contribution in [2.24, 2.45) is 0 Å². The Kier molecular flexibility index (Phi) is 4.34. The second-order valence-corrected chi connectivity index (χ2v) is 4.77. The number of nitrogens with one attached hydrogen (secondary N) is 1. The fraction of sp³-hybridized carbons (Fsp3) is 0.333. The molecule has 0 saturated carbocycles. The normalized spacial score (nSPS) is 10.7. The topological polar surface area (TPSA) is 55.1 Å². The van der Waals surface area contributed by atoms with Crippen LogP contribution in [-0.4, -0.2) is 10.9 Å². The van der Waals surface area contributed by atoms with E-state index in [9.17, 15) is 4.79 Å². The van der Waals surface area contributed by atoms with Gasteiger partial charge in [0, 0.05) is 18.5 Å². The van der Waals surface area contributed by atoms with E-state index in [1.54, 1.807) is 6.26 Å². The Morgan fingerprint density at radius 3 is 2.84 bits per heavy atom. The Morgan fingerprint density at radius 1 is 1.37 bits per heavy atom. The number of rotatable bonds is 5. The van der Waals surface area contributed by atoms with Crippen LogP contribution in [0.1, 0.15) is 37.4 Å². The van der Waals surface area contributed by atoms with Crippen LogP contribution in [0.15, 0.2) is 41.3 Å². The van der Waals surface area contributed by atoms with Gasteiger partial charge in [0.05, 0.1) is 5.69 Å². The molecule has 4 nitrogen and oxygen atoms in total. The molecular formula is C15H18N2O2. The molecule has 2 rings (SSSR count). The Morgan fingerprint density at radius 2 is 2.16 bits per heavy atom. The van der Waals surface area contributed by atoms with Crippen molar-refractivity contribution in [1.29, 1.82) is 0 Å². The van der Waals surface area contributed by atoms with Crippen LogP contribution < -0.4 is 5.32 Å². The Balaban J connectivity index is 1.95. The summed E-state index contributed by atoms with van der Waals surface area (Å²) in [6.45, 7) is 4.22. The van der Waals surface area contributed by atoms with Crippen LogP contribution >= 0.6 is 0 Å². The lowest BCUT2D eigenvalue weighted by Crippen LogP contribution is -2.14. The number of oxazole rings is 1. The standard InChI is InChI=1S/C15H18N2O2/c1-11(2)13-5-3-4-6-14(13)17-15(18)8-7-12-9-19-10-16-12/h3-6,9-11H,7-8H2,1-2H3,(H,17,18). The van der Waals surface area contributed by atoms with E-state index >= 15 is 0 Å². The summed E-state index contributed by atoms with van der Waals surface area (Å²) in [5.74, 6) is 0.378. The van der Waals surface area contributed by atoms with Crippen LogP contribution in [-0.2, 0) is 11.2 Å². The minimum Gasteiger partial charge on any atom is -0.451 e. The summed E-state index contributed by atoms with van der Waals surface area (Å²) < 4.78 is 4.87. The van der Waals surface area contributed by atoms with Crippen molar-refractivity contribution in [1.82, 2.24) is 4.98 Å². The molecule has 0 radical (unpaired) electrons. The summed E-state index contributed by atoms with van der Waals surface area (Å²) in [6, 6.07) is 7.89. The van der Waals surface area contributed by atoms with Crippen LogP contribution in [0.5, 0.6) is 0 Å². The minimum absolute atomic E-state index is 0.00361. The molecular weight excluding hydrogens is 240 g/mol. The molecule has 0 spiro atoms. The van der Waals surface area contributed by atoms with Gasteiger partial charge in [-0.3, -0.25) is 4.79 Å². The van der Waals surface area contributed by atoms with Crippen LogP contribution in [0.25, 0.3) is 0 Å². The average molecular weight is 258 g/mol. The van der Waals surface area contributed by atoms with E-state index in [1.807, 2.05) is 24.3 Å². The van der Waals surface area contributed by atoms with E-state index in [1.165, 1.54) is 6.39 Å². The maximum atomic E-state index is 11.9. The fourth-order valence-corrected chi connectivity index (χ4v) is 1.93. The molecule has 100 valence electrons. The zero-order chi connectivity index (χ0) is 13.7. The van der Waals surface area contributed by atoms with E-state index in [0.717, 1.165) is 16.9 Å². The lowest BCUT2D eigenvalue weighted by molar-refractivity contribution is -0.116. The van der Waals surface area contributed by atoms with Gasteiger partial charge in [-0.1, -0.05) is 32.0 Å². The SMILES string of the molecule is CC(C)c1ccccc1NC(=O)CCc1cocn1. The molecule has 0 aliphatic heterocycles. The molecule has 4 heteroatoms. The number of aromatic nitrogens is 1. The minimum atomic E-state index is -0.00361. The van der Waals surface area contributed by atoms with Gasteiger partial charge in [0.15, 0.2) is 6.39 Å². The van der Waals surface area contributed by atoms with Crippen LogP contribution in [0.2, 0.25) is 0 Å². The van der Waals surface area contributed by atoms with Gasteiger partial charge in [-0.05, 0) is 17.5 Å². The first-order valence-corrected chi connectivity index (χ1v) is 6.42. The van der Waals surface area contributed by atoms with Crippen molar-refractivity contribution in [3.8, 4) is 0 Å². The summed E-state index contributed by atoms with van der Waals surface area (Å²) in [7, 11) is 0. The number of carbonyl (C=O) groups is 1. The fourth-order valence-electron chi connectivity index (χ4n) is 1.93. The van der Waals surface area contributed by atoms with E-state index in [-0.39, 0.29) is 5.91 Å². The molecule has 0 atom stereocenters. The molecule has 1 aromatic heterocycles. The summed E-state index contributed by atoms with van der Waals surface area (Å²) in [4.78, 5) is 15.9. The van der Waals surface area contributed by atoms with Gasteiger partial charge in [-0.2, -0.15) is 0 Å². The van der Waals surface area contributed by atoms with Crippen molar-refractivity contribution < 1.29 is 9.21 Å². The molecule has 1 aromatic carbocycles. The van der Waals surface area contributed by atoms with Crippen molar-refractivity contribution in [3.63, 3.8) is 0 Å². The highest BCUT2D eigenvalue weighted by atomic mass is 16.3. The van der Waals surface area contributed by atoms with Crippen LogP contribution in [0.3, 0.4) is 0 Å². The third-order valence-corrected chi connectivity index (χ3v) is 2.95. The summed E-state index contributed by atoms with van der Waals surface area (Å²) in [6.07, 6.45) is 3.93. The number of anilines is 1. The van der Waals surface area contributed by atoms with Gasteiger partial charge in [0.25, 0.3) is 0 Å². The molecule has 0 unspecified atom stereocenters. The third kappa shape index (κ3) is 3.68. The van der Waals surface area contributed by atoms with E-state index < -0.39 is 0 Å². The zero-order valence-corrected chi connectivity index (χ0v) is 11.2. The molecule has 1 amide bonds. The first kappa shape index (κ1) is 13.3. The lowest BCUT2D eigenvalue weighted by atomic mass is 10.0. The molecule has 0 aliphatic carbocycles. The van der Waals surface area contributed by atoms with E-state index in [2.05, 4.69) is 24.1 Å². The third-order valence-electron chi connectivity index (χ3n) is 2.95. The maximum Gasteiger partial charge on any atom is 0.224 e. The number of carbonyl (C=O) groups excluding carboxylic acids is 1. The van der Waals surface area contributed by atoms with Gasteiger partial charge < -0.3 is 9.73 Å². The van der Waals surface area contributed by atoms with E-state index in [0.29, 0.717) is 18.8 Å². The predicted octanol–water partition coefficient (Wildman–Crippen LogP) is 3.37. The molecule has 0 fully saturated rings. The number of nitrogens with zero attached hydrogens (tertiary/aromatic N) is 1. The Labute approximate surface area is 112 Å². The highest BCUT2D eigenvalue weighted by Crippen LogP contribution is 2.23. The highest BCUT2D eigenvalue weighted by Gasteiger charge is 2.09. The van der Waals surface area contributed by atoms with E-state index in [4.69, 9.17) is 4.42 Å². The monoisotopic (exact) mass is 258 g/mol. The van der Waals surface area contributed by atoms with Crippen LogP contribution in [0, 0.1) is 0 Å². The number of aryl methyl sites for hydroxylation is 1. The number of hydrogen-bond donors (Lipinski definition) is 1.